The van der Waals surface area contributed by atoms with Crippen molar-refractivity contribution in [3.8, 4) is 5.75 Å². The molecule has 0 aliphatic carbocycles. The van der Waals surface area contributed by atoms with E-state index in [0.717, 1.165) is 17.1 Å². The topological polar surface area (TPSA) is 68.5 Å². The molecule has 0 bridgehead atoms. The number of nitrogens with zero attached hydrogens (tertiary/aromatic N) is 3. The summed E-state index contributed by atoms with van der Waals surface area (Å²) in [5, 5.41) is 3.99. The summed E-state index contributed by atoms with van der Waals surface area (Å²) in [7, 11) is 1.60. The third-order valence-electron chi connectivity index (χ3n) is 4.08. The van der Waals surface area contributed by atoms with Crippen LogP contribution in [0.2, 0.25) is 10.0 Å². The minimum atomic E-state index is -0.237. The van der Waals surface area contributed by atoms with E-state index in [9.17, 15) is 4.79 Å². The number of hydrogen-bond donors (Lipinski definition) is 1. The highest BCUT2D eigenvalue weighted by Crippen LogP contribution is 2.28. The minimum Gasteiger partial charge on any atom is -0.494 e. The first-order valence-electron chi connectivity index (χ1n) is 7.95. The number of ether oxygens (including phenoxy) is 1. The van der Waals surface area contributed by atoms with Crippen LogP contribution >= 0.6 is 23.2 Å². The second-order valence-corrected chi connectivity index (χ2v) is 6.76. The monoisotopic (exact) mass is 392 g/mol. The van der Waals surface area contributed by atoms with E-state index in [-0.39, 0.29) is 5.56 Å². The quantitative estimate of drug-likeness (QED) is 0.727. The van der Waals surface area contributed by atoms with E-state index >= 15 is 0 Å². The molecule has 0 spiro atoms. The van der Waals surface area contributed by atoms with Crippen LogP contribution in [-0.2, 0) is 6.54 Å². The Hall–Kier alpha value is -2.31. The Balaban J connectivity index is 2.00. The van der Waals surface area contributed by atoms with Crippen LogP contribution in [0, 0.1) is 20.8 Å². The molecule has 3 aromatic heterocycles. The summed E-state index contributed by atoms with van der Waals surface area (Å²) in [6.07, 6.45) is 0. The molecule has 0 aliphatic heterocycles. The molecule has 3 aromatic rings. The van der Waals surface area contributed by atoms with E-state index in [1.165, 1.54) is 10.5 Å². The molecular formula is C18H18Cl2N4O2. The van der Waals surface area contributed by atoms with Gasteiger partial charge >= 0.3 is 0 Å². The lowest BCUT2D eigenvalue weighted by Gasteiger charge is -2.15. The number of pyridine rings is 2. The number of aromatic nitrogens is 3. The fraction of sp³-hybridized carbons (Fsp3) is 0.278. The van der Waals surface area contributed by atoms with Gasteiger partial charge in [0.1, 0.15) is 5.75 Å². The lowest BCUT2D eigenvalue weighted by molar-refractivity contribution is 0.415. The predicted octanol–water partition coefficient (Wildman–Crippen LogP) is 3.94. The Morgan fingerprint density at radius 3 is 2.54 bits per heavy atom. The normalized spacial score (nSPS) is 11.0. The first-order chi connectivity index (χ1) is 12.3. The molecular weight excluding hydrogens is 375 g/mol. The summed E-state index contributed by atoms with van der Waals surface area (Å²) < 4.78 is 6.82. The van der Waals surface area contributed by atoms with Crippen molar-refractivity contribution in [1.29, 1.82) is 0 Å². The lowest BCUT2D eigenvalue weighted by atomic mass is 10.2. The molecule has 3 rings (SSSR count). The molecule has 0 atom stereocenters. The van der Waals surface area contributed by atoms with Crippen molar-refractivity contribution in [2.24, 2.45) is 0 Å². The van der Waals surface area contributed by atoms with E-state index in [2.05, 4.69) is 15.3 Å². The third-order valence-corrected chi connectivity index (χ3v) is 4.74. The molecule has 0 aromatic carbocycles. The third kappa shape index (κ3) is 3.34. The van der Waals surface area contributed by atoms with Crippen LogP contribution in [-0.4, -0.2) is 21.5 Å². The molecule has 136 valence electrons. The second kappa shape index (κ2) is 7.13. The Bertz CT molecular complexity index is 1060. The average molecular weight is 393 g/mol. The van der Waals surface area contributed by atoms with Crippen LogP contribution < -0.4 is 15.6 Å². The van der Waals surface area contributed by atoms with E-state index in [4.69, 9.17) is 27.9 Å². The van der Waals surface area contributed by atoms with E-state index in [1.807, 2.05) is 19.9 Å². The van der Waals surface area contributed by atoms with Gasteiger partial charge in [0.25, 0.3) is 5.56 Å². The molecule has 0 saturated carbocycles. The van der Waals surface area contributed by atoms with Crippen molar-refractivity contribution >= 4 is 34.5 Å². The molecule has 26 heavy (non-hydrogen) atoms. The summed E-state index contributed by atoms with van der Waals surface area (Å²) in [6, 6.07) is 4.90. The highest BCUT2D eigenvalue weighted by molar-refractivity contribution is 6.36. The van der Waals surface area contributed by atoms with Gasteiger partial charge in [-0.1, -0.05) is 23.2 Å². The zero-order valence-electron chi connectivity index (χ0n) is 14.9. The smallest absolute Gasteiger partial charge is 0.258 e. The van der Waals surface area contributed by atoms with Crippen molar-refractivity contribution in [3.05, 3.63) is 61.4 Å². The molecule has 3 heterocycles. The van der Waals surface area contributed by atoms with Crippen LogP contribution in [0.15, 0.2) is 23.0 Å². The summed E-state index contributed by atoms with van der Waals surface area (Å²) >= 11 is 12.3. The first kappa shape index (κ1) is 18.5. The van der Waals surface area contributed by atoms with Crippen molar-refractivity contribution < 1.29 is 4.74 Å². The Morgan fingerprint density at radius 1 is 1.12 bits per heavy atom. The van der Waals surface area contributed by atoms with Gasteiger partial charge in [0, 0.05) is 23.5 Å². The zero-order valence-corrected chi connectivity index (χ0v) is 16.4. The molecule has 0 aliphatic rings. The van der Waals surface area contributed by atoms with Gasteiger partial charge in [-0.2, -0.15) is 0 Å². The van der Waals surface area contributed by atoms with Crippen LogP contribution in [0.4, 0.5) is 5.69 Å². The SMILES string of the molecule is COc1cc(C)nc(C)c1NCc1cc(=O)n2c(C)c(Cl)cc(Cl)c2n1. The van der Waals surface area contributed by atoms with Crippen LogP contribution in [0.25, 0.3) is 5.65 Å². The van der Waals surface area contributed by atoms with Gasteiger partial charge in [-0.15, -0.1) is 0 Å². The number of nitrogens with one attached hydrogen (secondary N) is 1. The molecule has 8 heteroatoms. The molecule has 0 radical (unpaired) electrons. The molecule has 0 saturated heterocycles. The molecule has 1 N–H and O–H groups in total. The van der Waals surface area contributed by atoms with Gasteiger partial charge in [0.15, 0.2) is 5.65 Å². The number of rotatable bonds is 4. The second-order valence-electron chi connectivity index (χ2n) is 5.95. The van der Waals surface area contributed by atoms with Crippen LogP contribution in [0.5, 0.6) is 5.75 Å². The van der Waals surface area contributed by atoms with E-state index in [1.54, 1.807) is 20.1 Å². The summed E-state index contributed by atoms with van der Waals surface area (Å²) in [4.78, 5) is 21.4. The largest absolute Gasteiger partial charge is 0.494 e. The Labute approximate surface area is 160 Å². The molecule has 0 fully saturated rings. The van der Waals surface area contributed by atoms with Crippen molar-refractivity contribution in [2.75, 3.05) is 12.4 Å². The number of aryl methyl sites for hydroxylation is 3. The van der Waals surface area contributed by atoms with Gasteiger partial charge in [-0.05, 0) is 26.8 Å². The minimum absolute atomic E-state index is 0.237. The van der Waals surface area contributed by atoms with E-state index in [0.29, 0.717) is 39.4 Å². The lowest BCUT2D eigenvalue weighted by Crippen LogP contribution is -2.19. The van der Waals surface area contributed by atoms with Crippen LogP contribution in [0.3, 0.4) is 0 Å². The van der Waals surface area contributed by atoms with Gasteiger partial charge in [-0.3, -0.25) is 14.2 Å². The maximum atomic E-state index is 12.5. The average Bonchev–Trinajstić information content (AvgIpc) is 2.58. The van der Waals surface area contributed by atoms with Gasteiger partial charge in [0.05, 0.1) is 40.8 Å². The summed E-state index contributed by atoms with van der Waals surface area (Å²) in [5.41, 5.74) is 3.73. The van der Waals surface area contributed by atoms with Crippen molar-refractivity contribution in [1.82, 2.24) is 14.4 Å². The fourth-order valence-electron chi connectivity index (χ4n) is 2.84. The van der Waals surface area contributed by atoms with E-state index < -0.39 is 0 Å². The standard InChI is InChI=1S/C18H18Cl2N4O2/c1-9-5-15(26-4)17(10(2)22-9)21-8-12-6-16(25)24-11(3)13(19)7-14(20)18(24)23-12/h5-7,21H,8H2,1-4H3. The van der Waals surface area contributed by atoms with Crippen molar-refractivity contribution in [3.63, 3.8) is 0 Å². The highest BCUT2D eigenvalue weighted by atomic mass is 35.5. The fourth-order valence-corrected chi connectivity index (χ4v) is 3.32. The number of halogens is 2. The zero-order chi connectivity index (χ0) is 19.0. The van der Waals surface area contributed by atoms with Crippen molar-refractivity contribution in [2.45, 2.75) is 27.3 Å². The predicted molar refractivity (Wildman–Crippen MR) is 104 cm³/mol. The summed E-state index contributed by atoms with van der Waals surface area (Å²) in [6.45, 7) is 5.87. The Kier molecular flexibility index (Phi) is 5.07. The highest BCUT2D eigenvalue weighted by Gasteiger charge is 2.13. The number of anilines is 1. The van der Waals surface area contributed by atoms with Gasteiger partial charge in [-0.25, -0.2) is 4.98 Å². The van der Waals surface area contributed by atoms with Crippen LogP contribution in [0.1, 0.15) is 22.8 Å². The maximum Gasteiger partial charge on any atom is 0.258 e. The molecule has 0 unspecified atom stereocenters. The number of hydrogen-bond acceptors (Lipinski definition) is 5. The Morgan fingerprint density at radius 2 is 1.85 bits per heavy atom. The maximum absolute atomic E-state index is 12.5. The summed E-state index contributed by atoms with van der Waals surface area (Å²) in [5.74, 6) is 0.688. The number of fused-ring (bicyclic) bond motifs is 1. The first-order valence-corrected chi connectivity index (χ1v) is 8.70. The molecule has 0 amide bonds. The molecule has 6 nitrogen and oxygen atoms in total. The van der Waals surface area contributed by atoms with Gasteiger partial charge in [0.2, 0.25) is 0 Å². The van der Waals surface area contributed by atoms with Gasteiger partial charge < -0.3 is 10.1 Å². The number of methoxy groups -OCH3 is 1.